The van der Waals surface area contributed by atoms with Crippen molar-refractivity contribution in [1.29, 1.82) is 0 Å². The summed E-state index contributed by atoms with van der Waals surface area (Å²) in [5, 5.41) is 10.4. The smallest absolute Gasteiger partial charge is 0.102 e. The van der Waals surface area contributed by atoms with Gasteiger partial charge in [-0.05, 0) is 107 Å². The number of likely N-dealkylation sites (N-methyl/N-ethyl adjacent to an activating group) is 1. The van der Waals surface area contributed by atoms with E-state index in [0.717, 1.165) is 35.4 Å². The number of aliphatic hydroxyl groups excluding tert-OH is 1. The molecular formula is C28H50NO2+. The van der Waals surface area contributed by atoms with Crippen molar-refractivity contribution >= 4 is 0 Å². The van der Waals surface area contributed by atoms with Crippen molar-refractivity contribution in [2.24, 2.45) is 34.5 Å². The summed E-state index contributed by atoms with van der Waals surface area (Å²) >= 11 is 0. The van der Waals surface area contributed by atoms with Crippen LogP contribution < -0.4 is 0 Å². The van der Waals surface area contributed by atoms with Crippen LogP contribution in [0.15, 0.2) is 11.6 Å². The van der Waals surface area contributed by atoms with Crippen molar-refractivity contribution in [3.63, 3.8) is 0 Å². The van der Waals surface area contributed by atoms with E-state index in [1.165, 1.54) is 64.5 Å². The number of nitrogens with zero attached hydrogens (tertiary/aromatic N) is 1. The van der Waals surface area contributed by atoms with Gasteiger partial charge >= 0.3 is 0 Å². The van der Waals surface area contributed by atoms with Crippen LogP contribution in [0.1, 0.15) is 86.0 Å². The first-order valence-corrected chi connectivity index (χ1v) is 13.5. The van der Waals surface area contributed by atoms with Crippen LogP contribution in [0, 0.1) is 34.5 Å². The summed E-state index contributed by atoms with van der Waals surface area (Å²) in [5.41, 5.74) is 2.48. The van der Waals surface area contributed by atoms with Crippen molar-refractivity contribution in [2.75, 3.05) is 33.3 Å². The van der Waals surface area contributed by atoms with Gasteiger partial charge in [0, 0.05) is 0 Å². The largest absolute Gasteiger partial charge is 0.393 e. The van der Waals surface area contributed by atoms with Gasteiger partial charge in [0.15, 0.2) is 0 Å². The zero-order chi connectivity index (χ0) is 22.4. The van der Waals surface area contributed by atoms with E-state index in [4.69, 9.17) is 4.74 Å². The zero-order valence-electron chi connectivity index (χ0n) is 21.3. The third-order valence-corrected chi connectivity index (χ3v) is 11.2. The molecule has 0 aromatic rings. The van der Waals surface area contributed by atoms with Crippen molar-refractivity contribution in [3.8, 4) is 0 Å². The molecule has 0 amide bonds. The summed E-state index contributed by atoms with van der Waals surface area (Å²) in [5.74, 6) is 3.00. The molecular weight excluding hydrogens is 382 g/mol. The summed E-state index contributed by atoms with van der Waals surface area (Å²) in [7, 11) is 2.35. The molecule has 0 bridgehead atoms. The number of ether oxygens (including phenoxy) is 1. The first-order chi connectivity index (χ1) is 14.7. The number of aliphatic hydroxyl groups is 1. The summed E-state index contributed by atoms with van der Waals surface area (Å²) in [6.45, 7) is 16.1. The third kappa shape index (κ3) is 4.06. The molecule has 0 aliphatic heterocycles. The molecule has 0 heterocycles. The van der Waals surface area contributed by atoms with Crippen LogP contribution in [-0.4, -0.2) is 55.1 Å². The Morgan fingerprint density at radius 1 is 1.10 bits per heavy atom. The van der Waals surface area contributed by atoms with Crippen molar-refractivity contribution in [1.82, 2.24) is 0 Å². The van der Waals surface area contributed by atoms with Crippen LogP contribution in [0.25, 0.3) is 0 Å². The summed E-state index contributed by atoms with van der Waals surface area (Å²) in [6, 6.07) is 0. The quantitative estimate of drug-likeness (QED) is 0.406. The average Bonchev–Trinajstić information content (AvgIpc) is 3.11. The molecule has 0 radical (unpaired) electrons. The van der Waals surface area contributed by atoms with Crippen molar-refractivity contribution in [2.45, 2.75) is 98.2 Å². The Labute approximate surface area is 192 Å². The summed E-state index contributed by atoms with van der Waals surface area (Å²) in [6.07, 6.45) is 13.2. The summed E-state index contributed by atoms with van der Waals surface area (Å²) < 4.78 is 7.57. The maximum atomic E-state index is 10.4. The van der Waals surface area contributed by atoms with E-state index < -0.39 is 0 Å². The Hall–Kier alpha value is -0.380. The first kappa shape index (κ1) is 23.8. The number of hydrogen-bond donors (Lipinski definition) is 1. The van der Waals surface area contributed by atoms with Gasteiger partial charge in [-0.15, -0.1) is 0 Å². The molecule has 3 fully saturated rings. The highest BCUT2D eigenvalue weighted by atomic mass is 16.5. The number of hydrogen-bond acceptors (Lipinski definition) is 2. The van der Waals surface area contributed by atoms with Gasteiger partial charge in [-0.1, -0.05) is 25.5 Å². The minimum atomic E-state index is -0.148. The second-order valence-electron chi connectivity index (χ2n) is 12.4. The van der Waals surface area contributed by atoms with Gasteiger partial charge in [0.1, 0.15) is 6.54 Å². The van der Waals surface area contributed by atoms with Crippen LogP contribution in [-0.2, 0) is 4.74 Å². The maximum absolute atomic E-state index is 10.4. The van der Waals surface area contributed by atoms with Gasteiger partial charge in [0.2, 0.25) is 0 Å². The van der Waals surface area contributed by atoms with E-state index >= 15 is 0 Å². The maximum Gasteiger partial charge on any atom is 0.102 e. The van der Waals surface area contributed by atoms with E-state index in [0.29, 0.717) is 22.9 Å². The van der Waals surface area contributed by atoms with Gasteiger partial charge in [0.05, 0.1) is 39.0 Å². The highest BCUT2D eigenvalue weighted by Crippen LogP contribution is 2.66. The van der Waals surface area contributed by atoms with Crippen LogP contribution in [0.4, 0.5) is 0 Å². The normalized spacial score (nSPS) is 43.6. The lowest BCUT2D eigenvalue weighted by atomic mass is 9.47. The summed E-state index contributed by atoms with van der Waals surface area (Å²) in [4.78, 5) is 0. The lowest BCUT2D eigenvalue weighted by molar-refractivity contribution is -0.906. The van der Waals surface area contributed by atoms with Crippen LogP contribution in [0.5, 0.6) is 0 Å². The highest BCUT2D eigenvalue weighted by Gasteiger charge is 2.59. The number of allylic oxidation sites excluding steroid dienone is 1. The molecule has 1 N–H and O–H groups in total. The fourth-order valence-corrected chi connectivity index (χ4v) is 8.58. The Bertz CT molecular complexity index is 668. The predicted molar refractivity (Wildman–Crippen MR) is 129 cm³/mol. The first-order valence-electron chi connectivity index (χ1n) is 13.5. The number of rotatable bonds is 7. The average molecular weight is 433 g/mol. The van der Waals surface area contributed by atoms with E-state index in [1.54, 1.807) is 5.57 Å². The molecule has 8 atom stereocenters. The van der Waals surface area contributed by atoms with Gasteiger partial charge < -0.3 is 14.3 Å². The second kappa shape index (κ2) is 8.76. The predicted octanol–water partition coefficient (Wildman–Crippen LogP) is 5.82. The van der Waals surface area contributed by atoms with Gasteiger partial charge in [0.25, 0.3) is 0 Å². The standard InChI is InChI=1S/C28H50NO2/c1-7-29(6,8-2)17-18-31-22-13-15-27(4)21(19-22)9-10-23-25-12-11-24(20(3)30)28(25,5)16-14-26(23)27/h9,20,22-26,30H,7-8,10-19H2,1-6H3/q+1/t20?,22-,23?,24+,25?,26?,27-,28+/m0/s1. The lowest BCUT2D eigenvalue weighted by Crippen LogP contribution is -2.51. The molecule has 0 aromatic carbocycles. The lowest BCUT2D eigenvalue weighted by Gasteiger charge is -2.58. The molecule has 31 heavy (non-hydrogen) atoms. The van der Waals surface area contributed by atoms with Crippen LogP contribution >= 0.6 is 0 Å². The monoisotopic (exact) mass is 432 g/mol. The minimum Gasteiger partial charge on any atom is -0.393 e. The second-order valence-corrected chi connectivity index (χ2v) is 12.4. The molecule has 3 saturated carbocycles. The molecule has 3 heteroatoms. The van der Waals surface area contributed by atoms with E-state index in [2.05, 4.69) is 40.8 Å². The third-order valence-electron chi connectivity index (χ3n) is 11.2. The van der Waals surface area contributed by atoms with Gasteiger partial charge in [-0.2, -0.15) is 0 Å². The van der Waals surface area contributed by atoms with E-state index in [-0.39, 0.29) is 6.10 Å². The molecule has 4 aliphatic carbocycles. The molecule has 4 rings (SSSR count). The Morgan fingerprint density at radius 2 is 1.84 bits per heavy atom. The molecule has 0 aromatic heterocycles. The zero-order valence-corrected chi connectivity index (χ0v) is 21.3. The molecule has 0 spiro atoms. The highest BCUT2D eigenvalue weighted by molar-refractivity contribution is 5.25. The fourth-order valence-electron chi connectivity index (χ4n) is 8.58. The Balaban J connectivity index is 1.42. The molecule has 4 aliphatic rings. The van der Waals surface area contributed by atoms with Gasteiger partial charge in [-0.3, -0.25) is 0 Å². The van der Waals surface area contributed by atoms with Crippen LogP contribution in [0.2, 0.25) is 0 Å². The van der Waals surface area contributed by atoms with Gasteiger partial charge in [-0.25, -0.2) is 0 Å². The molecule has 3 nitrogen and oxygen atoms in total. The molecule has 0 saturated heterocycles. The topological polar surface area (TPSA) is 29.5 Å². The number of fused-ring (bicyclic) bond motifs is 5. The van der Waals surface area contributed by atoms with E-state index in [1.807, 2.05) is 6.92 Å². The van der Waals surface area contributed by atoms with E-state index in [9.17, 15) is 5.11 Å². The fraction of sp³-hybridized carbons (Fsp3) is 0.929. The Morgan fingerprint density at radius 3 is 2.52 bits per heavy atom. The SMILES string of the molecule is CC[N+](C)(CC)CCO[C@H]1CC[C@@]2(C)C(=CCC3C2CC[C@@]2(C)C3CC[C@@H]2C(C)O)C1. The molecule has 178 valence electrons. The van der Waals surface area contributed by atoms with Crippen molar-refractivity contribution < 1.29 is 14.3 Å². The van der Waals surface area contributed by atoms with Crippen molar-refractivity contribution in [3.05, 3.63) is 11.6 Å². The van der Waals surface area contributed by atoms with Crippen LogP contribution in [0.3, 0.4) is 0 Å². The Kier molecular flexibility index (Phi) is 6.72. The minimum absolute atomic E-state index is 0.148. The number of quaternary nitrogens is 1. The molecule has 4 unspecified atom stereocenters.